The molecule has 0 saturated carbocycles. The Labute approximate surface area is 145 Å². The average molecular weight is 338 g/mol. The van der Waals surface area contributed by atoms with Crippen molar-refractivity contribution >= 4 is 17.1 Å². The lowest BCUT2D eigenvalue weighted by atomic mass is 10.1. The number of hydrogen-bond donors (Lipinski definition) is 0. The second kappa shape index (κ2) is 7.84. The first-order valence-corrected chi connectivity index (χ1v) is 8.70. The summed E-state index contributed by atoms with van der Waals surface area (Å²) in [5.74, 6) is 0.563. The molecule has 0 aliphatic heterocycles. The normalized spacial score (nSPS) is 10.5. The SMILES string of the molecule is CCc1ccc(C(=O)COc2ccc(Cc3cncs3)cc2)nc1. The molecular weight excluding hydrogens is 320 g/mol. The molecule has 5 heteroatoms. The Bertz CT molecular complexity index is 781. The highest BCUT2D eigenvalue weighted by Crippen LogP contribution is 2.17. The van der Waals surface area contributed by atoms with Crippen LogP contribution in [0.4, 0.5) is 0 Å². The minimum absolute atomic E-state index is 0.00728. The van der Waals surface area contributed by atoms with Crippen molar-refractivity contribution in [1.29, 1.82) is 0 Å². The van der Waals surface area contributed by atoms with E-state index in [0.29, 0.717) is 11.4 Å². The second-order valence-electron chi connectivity index (χ2n) is 5.41. The Kier molecular flexibility index (Phi) is 5.33. The smallest absolute Gasteiger partial charge is 0.218 e. The van der Waals surface area contributed by atoms with Crippen molar-refractivity contribution in [3.8, 4) is 5.75 Å². The van der Waals surface area contributed by atoms with Gasteiger partial charge in [0.1, 0.15) is 11.4 Å². The molecular formula is C19H18N2O2S. The van der Waals surface area contributed by atoms with Crippen LogP contribution in [0.1, 0.15) is 33.4 Å². The summed E-state index contributed by atoms with van der Waals surface area (Å²) in [7, 11) is 0. The summed E-state index contributed by atoms with van der Waals surface area (Å²) in [5.41, 5.74) is 4.58. The van der Waals surface area contributed by atoms with Crippen molar-refractivity contribution in [3.05, 3.63) is 76.0 Å². The van der Waals surface area contributed by atoms with Gasteiger partial charge in [-0.25, -0.2) is 0 Å². The third-order valence-electron chi connectivity index (χ3n) is 3.67. The highest BCUT2D eigenvalue weighted by molar-refractivity contribution is 7.09. The molecule has 0 spiro atoms. The van der Waals surface area contributed by atoms with Gasteiger partial charge in [0.25, 0.3) is 0 Å². The summed E-state index contributed by atoms with van der Waals surface area (Å²) in [6, 6.07) is 11.5. The zero-order chi connectivity index (χ0) is 16.8. The fourth-order valence-electron chi connectivity index (χ4n) is 2.26. The summed E-state index contributed by atoms with van der Waals surface area (Å²) in [5, 5.41) is 0. The number of carbonyl (C=O) groups excluding carboxylic acids is 1. The van der Waals surface area contributed by atoms with E-state index in [0.717, 1.165) is 18.4 Å². The number of benzene rings is 1. The first-order valence-electron chi connectivity index (χ1n) is 7.82. The molecule has 0 bridgehead atoms. The number of aryl methyl sites for hydroxylation is 1. The molecule has 0 amide bonds. The van der Waals surface area contributed by atoms with Gasteiger partial charge in [-0.3, -0.25) is 14.8 Å². The predicted octanol–water partition coefficient (Wildman–Crippen LogP) is 3.95. The molecule has 0 radical (unpaired) electrons. The van der Waals surface area contributed by atoms with Crippen LogP contribution < -0.4 is 4.74 Å². The molecule has 3 rings (SSSR count). The molecule has 0 atom stereocenters. The molecule has 2 aromatic heterocycles. The second-order valence-corrected chi connectivity index (χ2v) is 6.38. The van der Waals surface area contributed by atoms with Gasteiger partial charge in [0.05, 0.1) is 5.51 Å². The van der Waals surface area contributed by atoms with E-state index < -0.39 is 0 Å². The third kappa shape index (κ3) is 4.26. The quantitative estimate of drug-likeness (QED) is 0.612. The molecule has 2 heterocycles. The Morgan fingerprint density at radius 3 is 2.50 bits per heavy atom. The van der Waals surface area contributed by atoms with Crippen LogP contribution in [0.3, 0.4) is 0 Å². The number of Topliss-reactive ketones (excluding diaryl/α,β-unsaturated/α-hetero) is 1. The lowest BCUT2D eigenvalue weighted by Gasteiger charge is -2.06. The van der Waals surface area contributed by atoms with Gasteiger partial charge in [0.15, 0.2) is 6.61 Å². The summed E-state index contributed by atoms with van der Waals surface area (Å²) in [6.07, 6.45) is 5.38. The zero-order valence-electron chi connectivity index (χ0n) is 13.4. The van der Waals surface area contributed by atoms with Crippen molar-refractivity contribution in [2.75, 3.05) is 6.61 Å². The van der Waals surface area contributed by atoms with E-state index in [9.17, 15) is 4.79 Å². The van der Waals surface area contributed by atoms with Gasteiger partial charge in [-0.05, 0) is 35.7 Å². The molecule has 3 aromatic rings. The number of ketones is 1. The largest absolute Gasteiger partial charge is 0.485 e. The maximum atomic E-state index is 12.1. The Morgan fingerprint density at radius 2 is 1.88 bits per heavy atom. The van der Waals surface area contributed by atoms with Crippen LogP contribution in [0.5, 0.6) is 5.75 Å². The molecule has 122 valence electrons. The summed E-state index contributed by atoms with van der Waals surface area (Å²) >= 11 is 1.64. The van der Waals surface area contributed by atoms with Crippen LogP contribution in [0.2, 0.25) is 0 Å². The van der Waals surface area contributed by atoms with Crippen molar-refractivity contribution in [2.45, 2.75) is 19.8 Å². The maximum absolute atomic E-state index is 12.1. The van der Waals surface area contributed by atoms with Crippen LogP contribution in [0.15, 0.2) is 54.3 Å². The van der Waals surface area contributed by atoms with Gasteiger partial charge < -0.3 is 4.74 Å². The van der Waals surface area contributed by atoms with E-state index in [1.165, 1.54) is 10.4 Å². The molecule has 0 aliphatic rings. The van der Waals surface area contributed by atoms with Gasteiger partial charge >= 0.3 is 0 Å². The standard InChI is InChI=1S/C19H18N2O2S/c1-2-14-5-8-18(21-10-14)19(22)12-23-16-6-3-15(4-7-16)9-17-11-20-13-24-17/h3-8,10-11,13H,2,9,12H2,1H3. The highest BCUT2D eigenvalue weighted by atomic mass is 32.1. The van der Waals surface area contributed by atoms with Crippen LogP contribution in [-0.4, -0.2) is 22.4 Å². The Morgan fingerprint density at radius 1 is 1.08 bits per heavy atom. The van der Waals surface area contributed by atoms with Crippen molar-refractivity contribution in [2.24, 2.45) is 0 Å². The van der Waals surface area contributed by atoms with Gasteiger partial charge in [0, 0.05) is 23.7 Å². The number of aromatic nitrogens is 2. The van der Waals surface area contributed by atoms with Crippen molar-refractivity contribution in [3.63, 3.8) is 0 Å². The monoisotopic (exact) mass is 338 g/mol. The van der Waals surface area contributed by atoms with Crippen LogP contribution in [0, 0.1) is 0 Å². The molecule has 24 heavy (non-hydrogen) atoms. The minimum atomic E-state index is -0.119. The van der Waals surface area contributed by atoms with Crippen molar-refractivity contribution in [1.82, 2.24) is 9.97 Å². The highest BCUT2D eigenvalue weighted by Gasteiger charge is 2.08. The third-order valence-corrected chi connectivity index (χ3v) is 4.45. The number of nitrogens with zero attached hydrogens (tertiary/aromatic N) is 2. The van der Waals surface area contributed by atoms with E-state index in [1.54, 1.807) is 23.6 Å². The van der Waals surface area contributed by atoms with Gasteiger partial charge in [-0.2, -0.15) is 0 Å². The number of rotatable bonds is 7. The number of ether oxygens (including phenoxy) is 1. The van der Waals surface area contributed by atoms with E-state index in [4.69, 9.17) is 4.74 Å². The number of carbonyl (C=O) groups is 1. The topological polar surface area (TPSA) is 52.1 Å². The maximum Gasteiger partial charge on any atom is 0.218 e. The summed E-state index contributed by atoms with van der Waals surface area (Å²) < 4.78 is 5.57. The van der Waals surface area contributed by atoms with Crippen molar-refractivity contribution < 1.29 is 9.53 Å². The first-order chi connectivity index (χ1) is 11.7. The van der Waals surface area contributed by atoms with E-state index in [1.807, 2.05) is 42.0 Å². The van der Waals surface area contributed by atoms with E-state index in [2.05, 4.69) is 16.9 Å². The molecule has 0 aliphatic carbocycles. The lowest BCUT2D eigenvalue weighted by Crippen LogP contribution is -2.13. The van der Waals surface area contributed by atoms with Gasteiger partial charge in [-0.15, -0.1) is 11.3 Å². The number of pyridine rings is 1. The fraction of sp³-hybridized carbons (Fsp3) is 0.211. The molecule has 0 fully saturated rings. The molecule has 0 N–H and O–H groups in total. The molecule has 4 nitrogen and oxygen atoms in total. The van der Waals surface area contributed by atoms with Crippen LogP contribution in [0.25, 0.3) is 0 Å². The fourth-order valence-corrected chi connectivity index (χ4v) is 2.88. The van der Waals surface area contributed by atoms with E-state index >= 15 is 0 Å². The predicted molar refractivity (Wildman–Crippen MR) is 94.8 cm³/mol. The average Bonchev–Trinajstić information content (AvgIpc) is 3.14. The lowest BCUT2D eigenvalue weighted by molar-refractivity contribution is 0.0916. The molecule has 0 unspecified atom stereocenters. The molecule has 0 saturated heterocycles. The van der Waals surface area contributed by atoms with Gasteiger partial charge in [-0.1, -0.05) is 25.1 Å². The summed E-state index contributed by atoms with van der Waals surface area (Å²) in [4.78, 5) is 21.6. The summed E-state index contributed by atoms with van der Waals surface area (Å²) in [6.45, 7) is 2.05. The Balaban J connectivity index is 1.54. The van der Waals surface area contributed by atoms with Gasteiger partial charge in [0.2, 0.25) is 5.78 Å². The Hall–Kier alpha value is -2.53. The number of hydrogen-bond acceptors (Lipinski definition) is 5. The number of thiazole rings is 1. The van der Waals surface area contributed by atoms with E-state index in [-0.39, 0.29) is 12.4 Å². The molecule has 1 aromatic carbocycles. The van der Waals surface area contributed by atoms with Crippen LogP contribution >= 0.6 is 11.3 Å². The minimum Gasteiger partial charge on any atom is -0.485 e. The zero-order valence-corrected chi connectivity index (χ0v) is 14.3. The van der Waals surface area contributed by atoms with Crippen LogP contribution in [-0.2, 0) is 12.8 Å². The first kappa shape index (κ1) is 16.3.